The van der Waals surface area contributed by atoms with Crippen molar-refractivity contribution in [2.75, 3.05) is 29.5 Å². The fourth-order valence-electron chi connectivity index (χ4n) is 5.57. The Bertz CT molecular complexity index is 1390. The number of amides is 3. The molecule has 3 aliphatic rings. The quantitative estimate of drug-likeness (QED) is 0.557. The molecule has 9 heteroatoms. The molecule has 37 heavy (non-hydrogen) atoms. The Labute approximate surface area is 214 Å². The standard InChI is InChI=1S/C28H29N5O4/c1-2-37-21-12-10-20(11-13-21)33-25-23(24(30-33)26(29)35)28(14-15-28)17-32(27(25)36)19-8-6-18(7-9-19)31-16-4-3-5-22(31)34/h6-13H,2-5,14-17H2,1H3,(H2,29,35). The second-order valence-electron chi connectivity index (χ2n) is 9.97. The molecular weight excluding hydrogens is 470 g/mol. The smallest absolute Gasteiger partial charge is 0.277 e. The Morgan fingerprint density at radius 2 is 1.62 bits per heavy atom. The highest BCUT2D eigenvalue weighted by Crippen LogP contribution is 2.54. The zero-order valence-corrected chi connectivity index (χ0v) is 20.8. The third-order valence-electron chi connectivity index (χ3n) is 7.60. The lowest BCUT2D eigenvalue weighted by Gasteiger charge is -2.34. The molecule has 0 atom stereocenters. The summed E-state index contributed by atoms with van der Waals surface area (Å²) in [5.41, 5.74) is 8.82. The number of carbonyl (C=O) groups excluding carboxylic acids is 3. The van der Waals surface area contributed by atoms with Crippen molar-refractivity contribution in [1.82, 2.24) is 9.78 Å². The molecule has 3 amide bonds. The van der Waals surface area contributed by atoms with Gasteiger partial charge in [0, 0.05) is 41.9 Å². The summed E-state index contributed by atoms with van der Waals surface area (Å²) >= 11 is 0. The number of fused-ring (bicyclic) bond motifs is 2. The summed E-state index contributed by atoms with van der Waals surface area (Å²) in [4.78, 5) is 42.3. The first-order valence-corrected chi connectivity index (χ1v) is 12.8. The van der Waals surface area contributed by atoms with Gasteiger partial charge in [-0.25, -0.2) is 4.68 Å². The molecule has 0 unspecified atom stereocenters. The molecule has 1 spiro atoms. The van der Waals surface area contributed by atoms with Crippen molar-refractivity contribution in [2.45, 2.75) is 44.4 Å². The highest BCUT2D eigenvalue weighted by molar-refractivity contribution is 6.10. The number of primary amides is 1. The highest BCUT2D eigenvalue weighted by Gasteiger charge is 2.56. The van der Waals surface area contributed by atoms with Crippen LogP contribution in [0.25, 0.3) is 5.69 Å². The van der Waals surface area contributed by atoms with Crippen molar-refractivity contribution < 1.29 is 19.1 Å². The van der Waals surface area contributed by atoms with E-state index in [2.05, 4.69) is 5.10 Å². The second kappa shape index (κ2) is 8.76. The van der Waals surface area contributed by atoms with Crippen molar-refractivity contribution in [1.29, 1.82) is 0 Å². The van der Waals surface area contributed by atoms with E-state index in [1.165, 1.54) is 0 Å². The number of hydrogen-bond acceptors (Lipinski definition) is 5. The summed E-state index contributed by atoms with van der Waals surface area (Å²) in [6.45, 7) is 3.62. The molecule has 2 aliphatic heterocycles. The Morgan fingerprint density at radius 3 is 2.22 bits per heavy atom. The van der Waals surface area contributed by atoms with Crippen molar-refractivity contribution in [3.8, 4) is 11.4 Å². The lowest BCUT2D eigenvalue weighted by Crippen LogP contribution is -2.45. The monoisotopic (exact) mass is 499 g/mol. The summed E-state index contributed by atoms with van der Waals surface area (Å²) in [7, 11) is 0. The summed E-state index contributed by atoms with van der Waals surface area (Å²) in [5.74, 6) is -0.0265. The second-order valence-corrected chi connectivity index (χ2v) is 9.97. The minimum atomic E-state index is -0.635. The number of nitrogens with zero attached hydrogens (tertiary/aromatic N) is 4. The first-order valence-electron chi connectivity index (χ1n) is 12.8. The number of carbonyl (C=O) groups is 3. The van der Waals surface area contributed by atoms with Gasteiger partial charge in [0.05, 0.1) is 12.3 Å². The third-order valence-corrected chi connectivity index (χ3v) is 7.60. The molecule has 1 saturated carbocycles. The Hall–Kier alpha value is -4.14. The van der Waals surface area contributed by atoms with Gasteiger partial charge in [-0.1, -0.05) is 0 Å². The topological polar surface area (TPSA) is 111 Å². The van der Waals surface area contributed by atoms with Crippen molar-refractivity contribution in [2.24, 2.45) is 5.73 Å². The average Bonchev–Trinajstić information content (AvgIpc) is 3.55. The zero-order valence-electron chi connectivity index (χ0n) is 20.8. The Kier molecular flexibility index (Phi) is 5.51. The Balaban J connectivity index is 1.40. The van der Waals surface area contributed by atoms with Gasteiger partial charge >= 0.3 is 0 Å². The number of piperidine rings is 1. The summed E-state index contributed by atoms with van der Waals surface area (Å²) < 4.78 is 7.09. The van der Waals surface area contributed by atoms with E-state index in [1.54, 1.807) is 9.58 Å². The Morgan fingerprint density at radius 1 is 0.973 bits per heavy atom. The van der Waals surface area contributed by atoms with Crippen molar-refractivity contribution in [3.63, 3.8) is 0 Å². The van der Waals surface area contributed by atoms with Crippen LogP contribution in [0, 0.1) is 0 Å². The minimum absolute atomic E-state index is 0.132. The highest BCUT2D eigenvalue weighted by atomic mass is 16.5. The average molecular weight is 500 g/mol. The van der Waals surface area contributed by atoms with Gasteiger partial charge in [-0.05, 0) is 81.1 Å². The first-order chi connectivity index (χ1) is 17.9. The van der Waals surface area contributed by atoms with Gasteiger partial charge < -0.3 is 20.3 Å². The normalized spacial score (nSPS) is 18.2. The van der Waals surface area contributed by atoms with Gasteiger partial charge in [0.2, 0.25) is 5.91 Å². The molecule has 1 aromatic heterocycles. The van der Waals surface area contributed by atoms with Crippen LogP contribution < -0.4 is 20.3 Å². The number of rotatable bonds is 6. The molecule has 3 aromatic rings. The maximum absolute atomic E-state index is 14.0. The SMILES string of the molecule is CCOc1ccc(-n2nc(C(N)=O)c3c2C(=O)N(c2ccc(N4CCCCC4=O)cc2)CC32CC2)cc1. The first kappa shape index (κ1) is 23.3. The molecule has 0 bridgehead atoms. The number of ether oxygens (including phenoxy) is 1. The summed E-state index contributed by atoms with van der Waals surface area (Å²) in [5, 5.41) is 4.54. The van der Waals surface area contributed by atoms with E-state index in [1.807, 2.05) is 60.4 Å². The molecule has 6 rings (SSSR count). The van der Waals surface area contributed by atoms with Crippen LogP contribution in [0.5, 0.6) is 5.75 Å². The molecule has 9 nitrogen and oxygen atoms in total. The molecule has 2 N–H and O–H groups in total. The predicted octanol–water partition coefficient (Wildman–Crippen LogP) is 3.58. The van der Waals surface area contributed by atoms with E-state index in [9.17, 15) is 14.4 Å². The largest absolute Gasteiger partial charge is 0.494 e. The van der Waals surface area contributed by atoms with Crippen LogP contribution in [0.2, 0.25) is 0 Å². The van der Waals surface area contributed by atoms with E-state index in [-0.39, 0.29) is 22.9 Å². The molecule has 2 aromatic carbocycles. The number of anilines is 2. The van der Waals surface area contributed by atoms with Crippen LogP contribution >= 0.6 is 0 Å². The maximum atomic E-state index is 14.0. The van der Waals surface area contributed by atoms with Crippen LogP contribution in [0.1, 0.15) is 65.6 Å². The van der Waals surface area contributed by atoms with E-state index in [0.717, 1.165) is 37.1 Å². The fraction of sp³-hybridized carbons (Fsp3) is 0.357. The summed E-state index contributed by atoms with van der Waals surface area (Å²) in [6, 6.07) is 14.9. The zero-order chi connectivity index (χ0) is 25.7. The number of hydrogen-bond donors (Lipinski definition) is 1. The van der Waals surface area contributed by atoms with E-state index in [0.29, 0.717) is 48.8 Å². The molecule has 2 fully saturated rings. The van der Waals surface area contributed by atoms with Crippen molar-refractivity contribution >= 4 is 29.1 Å². The summed E-state index contributed by atoms with van der Waals surface area (Å²) in [6.07, 6.45) is 4.17. The van der Waals surface area contributed by atoms with Crippen LogP contribution in [0.15, 0.2) is 48.5 Å². The number of nitrogens with two attached hydrogens (primary N) is 1. The fourth-order valence-corrected chi connectivity index (χ4v) is 5.57. The van der Waals surface area contributed by atoms with Gasteiger partial charge in [0.15, 0.2) is 5.69 Å². The van der Waals surface area contributed by atoms with Crippen LogP contribution in [0.3, 0.4) is 0 Å². The molecule has 1 saturated heterocycles. The lowest BCUT2D eigenvalue weighted by molar-refractivity contribution is -0.119. The van der Waals surface area contributed by atoms with E-state index < -0.39 is 5.91 Å². The third kappa shape index (κ3) is 3.85. The van der Waals surface area contributed by atoms with Crippen molar-refractivity contribution in [3.05, 3.63) is 65.5 Å². The molecular formula is C28H29N5O4. The van der Waals surface area contributed by atoms with Gasteiger partial charge in [-0.15, -0.1) is 0 Å². The number of benzene rings is 2. The van der Waals surface area contributed by atoms with E-state index >= 15 is 0 Å². The predicted molar refractivity (Wildman–Crippen MR) is 138 cm³/mol. The molecule has 0 radical (unpaired) electrons. The minimum Gasteiger partial charge on any atom is -0.494 e. The van der Waals surface area contributed by atoms with E-state index in [4.69, 9.17) is 10.5 Å². The van der Waals surface area contributed by atoms with Gasteiger partial charge in [0.25, 0.3) is 11.8 Å². The van der Waals surface area contributed by atoms with Crippen LogP contribution in [-0.2, 0) is 10.2 Å². The number of aromatic nitrogens is 2. The van der Waals surface area contributed by atoms with Crippen LogP contribution in [-0.4, -0.2) is 47.2 Å². The molecule has 1 aliphatic carbocycles. The molecule has 3 heterocycles. The lowest BCUT2D eigenvalue weighted by atomic mass is 9.88. The molecule has 190 valence electrons. The van der Waals surface area contributed by atoms with Gasteiger partial charge in [-0.3, -0.25) is 14.4 Å². The van der Waals surface area contributed by atoms with Gasteiger partial charge in [0.1, 0.15) is 11.4 Å². The van der Waals surface area contributed by atoms with Gasteiger partial charge in [-0.2, -0.15) is 5.10 Å². The van der Waals surface area contributed by atoms with Crippen LogP contribution in [0.4, 0.5) is 11.4 Å². The maximum Gasteiger partial charge on any atom is 0.277 e.